The molecule has 0 aromatic rings. The summed E-state index contributed by atoms with van der Waals surface area (Å²) in [7, 11) is -1.71. The third-order valence-corrected chi connectivity index (χ3v) is 9.57. The molecule has 0 N–H and O–H groups in total. The first-order chi connectivity index (χ1) is 10.1. The lowest BCUT2D eigenvalue weighted by molar-refractivity contribution is -0.165. The van der Waals surface area contributed by atoms with Crippen LogP contribution in [0.25, 0.3) is 0 Å². The molecular formula is C17H35IO3Si. The number of ether oxygens (including phenoxy) is 2. The lowest BCUT2D eigenvalue weighted by atomic mass is 10.0. The molecule has 132 valence electrons. The van der Waals surface area contributed by atoms with Crippen molar-refractivity contribution in [3.05, 3.63) is 12.7 Å². The van der Waals surface area contributed by atoms with E-state index in [4.69, 9.17) is 13.9 Å². The van der Waals surface area contributed by atoms with Crippen molar-refractivity contribution in [1.82, 2.24) is 0 Å². The Morgan fingerprint density at radius 2 is 1.86 bits per heavy atom. The van der Waals surface area contributed by atoms with E-state index in [0.717, 1.165) is 17.5 Å². The van der Waals surface area contributed by atoms with Gasteiger partial charge < -0.3 is 13.9 Å². The number of hydrogen-bond acceptors (Lipinski definition) is 3. The van der Waals surface area contributed by atoms with Crippen molar-refractivity contribution in [3.8, 4) is 0 Å². The van der Waals surface area contributed by atoms with Gasteiger partial charge >= 0.3 is 0 Å². The third-order valence-electron chi connectivity index (χ3n) is 4.35. The van der Waals surface area contributed by atoms with Gasteiger partial charge in [-0.05, 0) is 31.5 Å². The van der Waals surface area contributed by atoms with Crippen LogP contribution in [-0.2, 0) is 13.9 Å². The minimum atomic E-state index is -1.71. The van der Waals surface area contributed by atoms with Crippen LogP contribution in [0.5, 0.6) is 0 Å². The van der Waals surface area contributed by atoms with Gasteiger partial charge in [0.1, 0.15) is 0 Å². The fraction of sp³-hybridized carbons (Fsp3) is 0.882. The molecule has 0 radical (unpaired) electrons. The molecule has 5 heteroatoms. The monoisotopic (exact) mass is 442 g/mol. The van der Waals surface area contributed by atoms with Crippen molar-refractivity contribution < 1.29 is 13.9 Å². The second-order valence-electron chi connectivity index (χ2n) is 7.29. The van der Waals surface area contributed by atoms with Gasteiger partial charge in [0.2, 0.25) is 0 Å². The van der Waals surface area contributed by atoms with Gasteiger partial charge in [0.05, 0.1) is 10.5 Å². The minimum absolute atomic E-state index is 0.0913. The normalized spacial score (nSPS) is 17.1. The first-order valence-corrected chi connectivity index (χ1v) is 12.6. The average Bonchev–Trinajstić information content (AvgIpc) is 2.42. The van der Waals surface area contributed by atoms with Crippen LogP contribution in [0.1, 0.15) is 41.0 Å². The van der Waals surface area contributed by atoms with E-state index in [2.05, 4.69) is 70.0 Å². The molecule has 22 heavy (non-hydrogen) atoms. The molecule has 0 bridgehead atoms. The molecule has 0 aromatic heterocycles. The van der Waals surface area contributed by atoms with Gasteiger partial charge in [0.25, 0.3) is 0 Å². The van der Waals surface area contributed by atoms with Gasteiger partial charge in [0.15, 0.2) is 14.6 Å². The Balaban J connectivity index is 4.65. The molecule has 0 rings (SSSR count). The maximum Gasteiger partial charge on any atom is 0.191 e. The van der Waals surface area contributed by atoms with Gasteiger partial charge in [-0.2, -0.15) is 0 Å². The van der Waals surface area contributed by atoms with Gasteiger partial charge in [-0.1, -0.05) is 56.4 Å². The summed E-state index contributed by atoms with van der Waals surface area (Å²) < 4.78 is 18.9. The Kier molecular flexibility index (Phi) is 10.7. The Morgan fingerprint density at radius 1 is 1.27 bits per heavy atom. The fourth-order valence-corrected chi connectivity index (χ4v) is 3.33. The summed E-state index contributed by atoms with van der Waals surface area (Å²) in [5, 5.41) is 0.234. The van der Waals surface area contributed by atoms with Gasteiger partial charge in [-0.25, -0.2) is 0 Å². The summed E-state index contributed by atoms with van der Waals surface area (Å²) in [6.07, 6.45) is 2.69. The van der Waals surface area contributed by atoms with Crippen LogP contribution in [0.15, 0.2) is 12.7 Å². The summed E-state index contributed by atoms with van der Waals surface area (Å²) in [5.41, 5.74) is 0. The highest BCUT2D eigenvalue weighted by Crippen LogP contribution is 2.37. The van der Waals surface area contributed by atoms with Crippen LogP contribution in [0.3, 0.4) is 0 Å². The molecule has 0 aromatic carbocycles. The van der Waals surface area contributed by atoms with Gasteiger partial charge in [-0.15, -0.1) is 6.58 Å². The topological polar surface area (TPSA) is 27.7 Å². The third kappa shape index (κ3) is 7.90. The van der Waals surface area contributed by atoms with E-state index in [1.807, 2.05) is 13.0 Å². The number of hydrogen-bond donors (Lipinski definition) is 0. The molecule has 3 nitrogen and oxygen atoms in total. The minimum Gasteiger partial charge on any atom is -0.416 e. The molecule has 3 atom stereocenters. The zero-order valence-electron chi connectivity index (χ0n) is 15.4. The SMILES string of the molecule is C=CC[C@@H](OC(CI)OCC)[C@H](C)CO[Si](C)(C)C(C)(C)C. The smallest absolute Gasteiger partial charge is 0.191 e. The van der Waals surface area contributed by atoms with Gasteiger partial charge in [-0.3, -0.25) is 0 Å². The number of alkyl halides is 1. The van der Waals surface area contributed by atoms with Crippen molar-refractivity contribution in [2.75, 3.05) is 17.6 Å². The molecular weight excluding hydrogens is 407 g/mol. The largest absolute Gasteiger partial charge is 0.416 e. The summed E-state index contributed by atoms with van der Waals surface area (Å²) in [5.74, 6) is 0.318. The first kappa shape index (κ1) is 22.6. The molecule has 1 unspecified atom stereocenters. The molecule has 0 amide bonds. The van der Waals surface area contributed by atoms with Crippen molar-refractivity contribution in [3.63, 3.8) is 0 Å². The van der Waals surface area contributed by atoms with E-state index >= 15 is 0 Å². The van der Waals surface area contributed by atoms with Crippen LogP contribution in [-0.4, -0.2) is 38.4 Å². The summed E-state index contributed by atoms with van der Waals surface area (Å²) >= 11 is 2.30. The number of halogens is 1. The Labute approximate surface area is 152 Å². The molecule has 0 saturated carbocycles. The maximum atomic E-state index is 6.34. The van der Waals surface area contributed by atoms with E-state index in [0.29, 0.717) is 12.5 Å². The highest BCUT2D eigenvalue weighted by molar-refractivity contribution is 14.1. The van der Waals surface area contributed by atoms with E-state index in [1.54, 1.807) is 0 Å². The van der Waals surface area contributed by atoms with Crippen LogP contribution >= 0.6 is 22.6 Å². The zero-order valence-corrected chi connectivity index (χ0v) is 18.6. The predicted octanol–water partition coefficient (Wildman–Crippen LogP) is 5.40. The van der Waals surface area contributed by atoms with E-state index < -0.39 is 8.32 Å². The molecule has 0 aliphatic heterocycles. The van der Waals surface area contributed by atoms with Crippen LogP contribution in [0, 0.1) is 5.92 Å². The Hall–Kier alpha value is 0.567. The second-order valence-corrected chi connectivity index (χ2v) is 13.0. The quantitative estimate of drug-likeness (QED) is 0.141. The molecule has 0 fully saturated rings. The highest BCUT2D eigenvalue weighted by atomic mass is 127. The van der Waals surface area contributed by atoms with E-state index in [1.165, 1.54) is 0 Å². The van der Waals surface area contributed by atoms with Crippen molar-refractivity contribution in [2.24, 2.45) is 5.92 Å². The van der Waals surface area contributed by atoms with E-state index in [-0.39, 0.29) is 17.4 Å². The lowest BCUT2D eigenvalue weighted by Crippen LogP contribution is -2.43. The van der Waals surface area contributed by atoms with Crippen LogP contribution < -0.4 is 0 Å². The molecule has 0 heterocycles. The molecule has 0 spiro atoms. The summed E-state index contributed by atoms with van der Waals surface area (Å²) in [6.45, 7) is 20.8. The number of rotatable bonds is 11. The molecule has 0 aliphatic carbocycles. The summed E-state index contributed by atoms with van der Waals surface area (Å²) in [6, 6.07) is 0. The fourth-order valence-electron chi connectivity index (χ4n) is 1.75. The van der Waals surface area contributed by atoms with Crippen molar-refractivity contribution >= 4 is 30.9 Å². The first-order valence-electron chi connectivity index (χ1n) is 8.16. The Bertz CT molecular complexity index is 316. The maximum absolute atomic E-state index is 6.34. The van der Waals surface area contributed by atoms with Gasteiger partial charge in [0, 0.05) is 19.1 Å². The predicted molar refractivity (Wildman–Crippen MR) is 106 cm³/mol. The van der Waals surface area contributed by atoms with E-state index in [9.17, 15) is 0 Å². The van der Waals surface area contributed by atoms with Crippen LogP contribution in [0.4, 0.5) is 0 Å². The second kappa shape index (κ2) is 10.4. The summed E-state index contributed by atoms with van der Waals surface area (Å²) in [4.78, 5) is 0. The zero-order chi connectivity index (χ0) is 17.4. The van der Waals surface area contributed by atoms with Crippen LogP contribution in [0.2, 0.25) is 18.1 Å². The average molecular weight is 442 g/mol. The highest BCUT2D eigenvalue weighted by Gasteiger charge is 2.37. The molecule has 0 saturated heterocycles. The van der Waals surface area contributed by atoms with Crippen molar-refractivity contribution in [2.45, 2.75) is 71.6 Å². The Morgan fingerprint density at radius 3 is 2.27 bits per heavy atom. The molecule has 0 aliphatic rings. The lowest BCUT2D eigenvalue weighted by Gasteiger charge is -2.38. The standard InChI is InChI=1S/C17H35IO3Si/c1-9-11-15(21-16(12-18)19-10-2)14(3)13-20-22(7,8)17(4,5)6/h9,14-16H,1,10-13H2,2-8H3/t14-,15-,16?/m1/s1. The van der Waals surface area contributed by atoms with Crippen molar-refractivity contribution in [1.29, 1.82) is 0 Å².